The predicted octanol–water partition coefficient (Wildman–Crippen LogP) is 1.52. The smallest absolute Gasteiger partial charge is 0.251 e. The Labute approximate surface area is 157 Å². The Morgan fingerprint density at radius 1 is 1.33 bits per heavy atom. The van der Waals surface area contributed by atoms with E-state index in [0.29, 0.717) is 23.7 Å². The molecule has 8 nitrogen and oxygen atoms in total. The molecule has 1 atom stereocenters. The fourth-order valence-corrected chi connectivity index (χ4v) is 3.99. The lowest BCUT2D eigenvalue weighted by Crippen LogP contribution is -2.33. The van der Waals surface area contributed by atoms with Crippen molar-refractivity contribution in [2.75, 3.05) is 27.3 Å². The summed E-state index contributed by atoms with van der Waals surface area (Å²) < 4.78 is 6.76. The van der Waals surface area contributed by atoms with Crippen LogP contribution in [-0.4, -0.2) is 58.8 Å². The second-order valence-electron chi connectivity index (χ2n) is 7.33. The molecule has 2 aromatic rings. The lowest BCUT2D eigenvalue weighted by molar-refractivity contribution is -0.136. The highest BCUT2D eigenvalue weighted by molar-refractivity contribution is 6.06. The molecule has 1 saturated carbocycles. The van der Waals surface area contributed by atoms with E-state index in [0.717, 1.165) is 42.5 Å². The minimum atomic E-state index is -0.159. The summed E-state index contributed by atoms with van der Waals surface area (Å²) in [6.07, 6.45) is 3.94. The Balaban J connectivity index is 1.86. The summed E-state index contributed by atoms with van der Waals surface area (Å²) in [4.78, 5) is 31.7. The van der Waals surface area contributed by atoms with Gasteiger partial charge in [-0.25, -0.2) is 4.98 Å². The van der Waals surface area contributed by atoms with E-state index in [2.05, 4.69) is 5.32 Å². The van der Waals surface area contributed by atoms with Crippen molar-refractivity contribution in [1.82, 2.24) is 25.0 Å². The van der Waals surface area contributed by atoms with Gasteiger partial charge in [0.15, 0.2) is 5.65 Å². The highest BCUT2D eigenvalue weighted by Gasteiger charge is 2.35. The molecule has 0 radical (unpaired) electrons. The zero-order valence-corrected chi connectivity index (χ0v) is 16.0. The Morgan fingerprint density at radius 2 is 2.11 bits per heavy atom. The first-order valence-corrected chi connectivity index (χ1v) is 9.43. The van der Waals surface area contributed by atoms with E-state index in [9.17, 15) is 9.59 Å². The van der Waals surface area contributed by atoms with Gasteiger partial charge in [-0.1, -0.05) is 0 Å². The number of nitrogens with one attached hydrogen (secondary N) is 1. The van der Waals surface area contributed by atoms with Crippen LogP contribution in [0.4, 0.5) is 0 Å². The van der Waals surface area contributed by atoms with Crippen LogP contribution in [-0.2, 0) is 16.6 Å². The quantitative estimate of drug-likeness (QED) is 0.861. The third kappa shape index (κ3) is 3.07. The largest absolute Gasteiger partial charge is 0.375 e. The molecule has 8 heteroatoms. The van der Waals surface area contributed by atoms with Gasteiger partial charge in [-0.05, 0) is 31.7 Å². The second kappa shape index (κ2) is 6.92. The molecule has 1 aliphatic carbocycles. The summed E-state index contributed by atoms with van der Waals surface area (Å²) in [5, 5.41) is 8.19. The molecule has 1 aliphatic heterocycles. The lowest BCUT2D eigenvalue weighted by Gasteiger charge is -2.23. The average molecular weight is 371 g/mol. The Bertz CT molecular complexity index is 902. The molecule has 1 unspecified atom stereocenters. The summed E-state index contributed by atoms with van der Waals surface area (Å²) >= 11 is 0. The van der Waals surface area contributed by atoms with Crippen LogP contribution in [0.15, 0.2) is 6.07 Å². The van der Waals surface area contributed by atoms with Crippen molar-refractivity contribution in [1.29, 1.82) is 0 Å². The first kappa shape index (κ1) is 17.9. The van der Waals surface area contributed by atoms with Crippen molar-refractivity contribution >= 4 is 22.8 Å². The van der Waals surface area contributed by atoms with Crippen LogP contribution in [0.2, 0.25) is 0 Å². The van der Waals surface area contributed by atoms with Crippen LogP contribution in [0, 0.1) is 0 Å². The number of carbonyl (C=O) groups excluding carboxylic acids is 2. The molecule has 1 N–H and O–H groups in total. The molecular formula is C19H25N5O3. The van der Waals surface area contributed by atoms with Crippen LogP contribution in [0.1, 0.15) is 59.4 Å². The van der Waals surface area contributed by atoms with Crippen molar-refractivity contribution in [3.05, 3.63) is 23.0 Å². The zero-order valence-electron chi connectivity index (χ0n) is 16.0. The van der Waals surface area contributed by atoms with E-state index in [4.69, 9.17) is 14.8 Å². The number of hydrogen-bond donors (Lipinski definition) is 1. The number of pyridine rings is 1. The highest BCUT2D eigenvalue weighted by Crippen LogP contribution is 2.42. The standard InChI is InChI=1S/C19H25N5O3/c1-20-19(26)12-9-13(11-6-7-11)21-18-16(12)17(22-23(18)2)14-5-4-8-24(14)15(25)10-27-3/h9,11,14H,4-8,10H2,1-3H3,(H,20,26). The fraction of sp³-hybridized carbons (Fsp3) is 0.579. The van der Waals surface area contributed by atoms with Crippen LogP contribution in [0.3, 0.4) is 0 Å². The first-order valence-electron chi connectivity index (χ1n) is 9.43. The molecule has 27 heavy (non-hydrogen) atoms. The van der Waals surface area contributed by atoms with Gasteiger partial charge in [0.1, 0.15) is 6.61 Å². The summed E-state index contributed by atoms with van der Waals surface area (Å²) in [5.74, 6) is 0.233. The number of hydrogen-bond acceptors (Lipinski definition) is 5. The van der Waals surface area contributed by atoms with Gasteiger partial charge in [0.2, 0.25) is 5.91 Å². The van der Waals surface area contributed by atoms with Gasteiger partial charge in [-0.2, -0.15) is 5.10 Å². The summed E-state index contributed by atoms with van der Waals surface area (Å²) in [6.45, 7) is 0.724. The molecule has 144 valence electrons. The molecule has 2 fully saturated rings. The van der Waals surface area contributed by atoms with Crippen molar-refractivity contribution in [2.24, 2.45) is 7.05 Å². The number of carbonyl (C=O) groups is 2. The Hall–Kier alpha value is -2.48. The van der Waals surface area contributed by atoms with Gasteiger partial charge in [-0.3, -0.25) is 14.3 Å². The molecule has 0 aromatic carbocycles. The maximum absolute atomic E-state index is 12.6. The number of ether oxygens (including phenoxy) is 1. The molecule has 2 amide bonds. The third-order valence-electron chi connectivity index (χ3n) is 5.46. The molecule has 2 aliphatic rings. The van der Waals surface area contributed by atoms with Crippen LogP contribution in [0.5, 0.6) is 0 Å². The van der Waals surface area contributed by atoms with Crippen molar-refractivity contribution in [3.8, 4) is 0 Å². The van der Waals surface area contributed by atoms with Gasteiger partial charge < -0.3 is 15.0 Å². The maximum atomic E-state index is 12.6. The Kier molecular flexibility index (Phi) is 4.59. The monoisotopic (exact) mass is 371 g/mol. The number of amides is 2. The first-order chi connectivity index (χ1) is 13.0. The van der Waals surface area contributed by atoms with Crippen molar-refractivity contribution < 1.29 is 14.3 Å². The number of rotatable bonds is 5. The van der Waals surface area contributed by atoms with E-state index in [-0.39, 0.29) is 24.5 Å². The van der Waals surface area contributed by atoms with Crippen LogP contribution < -0.4 is 5.32 Å². The topological polar surface area (TPSA) is 89.3 Å². The number of likely N-dealkylation sites (tertiary alicyclic amines) is 1. The van der Waals surface area contributed by atoms with E-state index >= 15 is 0 Å². The molecule has 1 saturated heterocycles. The third-order valence-corrected chi connectivity index (χ3v) is 5.46. The number of fused-ring (bicyclic) bond motifs is 1. The molecular weight excluding hydrogens is 346 g/mol. The van der Waals surface area contributed by atoms with E-state index in [1.165, 1.54) is 7.11 Å². The van der Waals surface area contributed by atoms with E-state index < -0.39 is 0 Å². The summed E-state index contributed by atoms with van der Waals surface area (Å²) in [5.41, 5.74) is 3.01. The normalized spacial score (nSPS) is 19.7. The summed E-state index contributed by atoms with van der Waals surface area (Å²) in [7, 11) is 5.00. The number of nitrogens with zero attached hydrogens (tertiary/aromatic N) is 4. The predicted molar refractivity (Wildman–Crippen MR) is 99.4 cm³/mol. The highest BCUT2D eigenvalue weighted by atomic mass is 16.5. The number of aryl methyl sites for hydroxylation is 1. The number of aromatic nitrogens is 3. The Morgan fingerprint density at radius 3 is 2.78 bits per heavy atom. The van der Waals surface area contributed by atoms with Gasteiger partial charge in [0, 0.05) is 39.4 Å². The van der Waals surface area contributed by atoms with Gasteiger partial charge >= 0.3 is 0 Å². The van der Waals surface area contributed by atoms with Crippen LogP contribution in [0.25, 0.3) is 11.0 Å². The fourth-order valence-electron chi connectivity index (χ4n) is 3.99. The average Bonchev–Trinajstić information content (AvgIpc) is 3.31. The molecule has 4 rings (SSSR count). The van der Waals surface area contributed by atoms with Gasteiger partial charge in [0.25, 0.3) is 5.91 Å². The van der Waals surface area contributed by atoms with Crippen molar-refractivity contribution in [2.45, 2.75) is 37.6 Å². The van der Waals surface area contributed by atoms with Crippen molar-refractivity contribution in [3.63, 3.8) is 0 Å². The van der Waals surface area contributed by atoms with E-state index in [1.54, 1.807) is 11.7 Å². The van der Waals surface area contributed by atoms with Crippen LogP contribution >= 0.6 is 0 Å². The second-order valence-corrected chi connectivity index (χ2v) is 7.33. The zero-order chi connectivity index (χ0) is 19.1. The van der Waals surface area contributed by atoms with Gasteiger partial charge in [-0.15, -0.1) is 0 Å². The summed E-state index contributed by atoms with van der Waals surface area (Å²) in [6, 6.07) is 1.74. The maximum Gasteiger partial charge on any atom is 0.251 e. The molecule has 2 aromatic heterocycles. The lowest BCUT2D eigenvalue weighted by atomic mass is 10.0. The molecule has 0 bridgehead atoms. The minimum Gasteiger partial charge on any atom is -0.375 e. The molecule has 3 heterocycles. The van der Waals surface area contributed by atoms with E-state index in [1.807, 2.05) is 18.0 Å². The minimum absolute atomic E-state index is 0.0493. The number of methoxy groups -OCH3 is 1. The SMILES string of the molecule is CNC(=O)c1cc(C2CC2)nc2c1c(C1CCCN1C(=O)COC)nn2C. The van der Waals surface area contributed by atoms with Gasteiger partial charge in [0.05, 0.1) is 22.7 Å². The molecule has 0 spiro atoms.